The summed E-state index contributed by atoms with van der Waals surface area (Å²) >= 11 is 0. The van der Waals surface area contributed by atoms with Crippen molar-refractivity contribution >= 4 is 23.2 Å². The summed E-state index contributed by atoms with van der Waals surface area (Å²) in [6.07, 6.45) is 4.90. The molecule has 0 saturated carbocycles. The quantitative estimate of drug-likeness (QED) is 0.391. The number of anilines is 3. The summed E-state index contributed by atoms with van der Waals surface area (Å²) in [6.45, 7) is 0.490. The maximum Gasteiger partial charge on any atom is 0.255 e. The van der Waals surface area contributed by atoms with Crippen LogP contribution in [0.25, 0.3) is 0 Å². The first-order valence-corrected chi connectivity index (χ1v) is 9.57. The molecule has 8 heteroatoms. The number of hydrogen-bond acceptors (Lipinski definition) is 7. The predicted octanol–water partition coefficient (Wildman–Crippen LogP) is 4.11. The van der Waals surface area contributed by atoms with Crippen molar-refractivity contribution in [1.29, 1.82) is 0 Å². The fourth-order valence-electron chi connectivity index (χ4n) is 2.77. The lowest BCUT2D eigenvalue weighted by Crippen LogP contribution is -2.13. The van der Waals surface area contributed by atoms with E-state index >= 15 is 0 Å². The summed E-state index contributed by atoms with van der Waals surface area (Å²) in [6, 6.07) is 19.6. The van der Waals surface area contributed by atoms with Crippen molar-refractivity contribution in [2.24, 2.45) is 0 Å². The van der Waals surface area contributed by atoms with E-state index in [1.165, 1.54) is 0 Å². The number of nitrogens with one attached hydrogen (secondary N) is 2. The number of para-hydroxylation sites is 2. The fourth-order valence-corrected chi connectivity index (χ4v) is 2.77. The van der Waals surface area contributed by atoms with Crippen LogP contribution in [0.2, 0.25) is 0 Å². The molecule has 0 spiro atoms. The van der Waals surface area contributed by atoms with Crippen LogP contribution in [0.4, 0.5) is 17.3 Å². The molecule has 0 atom stereocenters. The molecule has 2 heterocycles. The molecule has 31 heavy (non-hydrogen) atoms. The monoisotopic (exact) mass is 412 g/mol. The van der Waals surface area contributed by atoms with E-state index in [1.807, 2.05) is 24.3 Å². The summed E-state index contributed by atoms with van der Waals surface area (Å²) < 4.78 is 5.66. The minimum Gasteiger partial charge on any atom is -0.437 e. The second-order valence-electron chi connectivity index (χ2n) is 6.60. The largest absolute Gasteiger partial charge is 0.437 e. The summed E-state index contributed by atoms with van der Waals surface area (Å²) in [5, 5.41) is 5.96. The smallest absolute Gasteiger partial charge is 0.255 e. The molecule has 0 bridgehead atoms. The van der Waals surface area contributed by atoms with Crippen molar-refractivity contribution in [3.63, 3.8) is 0 Å². The lowest BCUT2D eigenvalue weighted by Gasteiger charge is -2.09. The highest BCUT2D eigenvalue weighted by Gasteiger charge is 2.08. The third-order valence-electron chi connectivity index (χ3n) is 4.36. The van der Waals surface area contributed by atoms with Crippen molar-refractivity contribution in [1.82, 2.24) is 15.0 Å². The highest BCUT2D eigenvalue weighted by molar-refractivity contribution is 6.05. The first kappa shape index (κ1) is 19.8. The molecule has 1 amide bonds. The van der Waals surface area contributed by atoms with Gasteiger partial charge < -0.3 is 21.1 Å². The van der Waals surface area contributed by atoms with Gasteiger partial charge >= 0.3 is 0 Å². The average molecular weight is 412 g/mol. The summed E-state index contributed by atoms with van der Waals surface area (Å²) in [4.78, 5) is 25.0. The van der Waals surface area contributed by atoms with Gasteiger partial charge in [0.25, 0.3) is 5.91 Å². The Morgan fingerprint density at radius 3 is 2.58 bits per heavy atom. The Labute approximate surface area is 179 Å². The molecule has 0 aliphatic rings. The molecule has 0 unspecified atom stereocenters. The average Bonchev–Trinajstić information content (AvgIpc) is 2.80. The predicted molar refractivity (Wildman–Crippen MR) is 119 cm³/mol. The van der Waals surface area contributed by atoms with E-state index < -0.39 is 0 Å². The molecule has 4 rings (SSSR count). The Morgan fingerprint density at radius 2 is 1.81 bits per heavy atom. The van der Waals surface area contributed by atoms with Crippen molar-refractivity contribution in [2.75, 3.05) is 16.4 Å². The van der Waals surface area contributed by atoms with Gasteiger partial charge in [-0.1, -0.05) is 24.3 Å². The van der Waals surface area contributed by atoms with E-state index in [0.717, 1.165) is 5.56 Å². The van der Waals surface area contributed by atoms with Gasteiger partial charge in [0, 0.05) is 30.6 Å². The number of aromatic nitrogens is 3. The van der Waals surface area contributed by atoms with Crippen LogP contribution in [-0.2, 0) is 6.54 Å². The van der Waals surface area contributed by atoms with E-state index in [-0.39, 0.29) is 5.91 Å². The number of nitrogens with zero attached hydrogens (tertiary/aromatic N) is 3. The SMILES string of the molecule is Nc1ccccc1NC(=O)c1ccc(CNc2nccc(Oc3cccnc3)n2)cc1. The van der Waals surface area contributed by atoms with E-state index in [9.17, 15) is 4.79 Å². The molecular weight excluding hydrogens is 392 g/mol. The lowest BCUT2D eigenvalue weighted by molar-refractivity contribution is 0.102. The van der Waals surface area contributed by atoms with Gasteiger partial charge in [0.2, 0.25) is 11.8 Å². The molecule has 2 aromatic heterocycles. The molecule has 154 valence electrons. The molecule has 2 aromatic carbocycles. The van der Waals surface area contributed by atoms with Crippen LogP contribution in [0.5, 0.6) is 11.6 Å². The third-order valence-corrected chi connectivity index (χ3v) is 4.36. The van der Waals surface area contributed by atoms with Gasteiger partial charge in [-0.05, 0) is 42.0 Å². The van der Waals surface area contributed by atoms with Crippen molar-refractivity contribution in [3.05, 3.63) is 96.4 Å². The number of benzene rings is 2. The van der Waals surface area contributed by atoms with Crippen LogP contribution < -0.4 is 21.1 Å². The number of ether oxygens (including phenoxy) is 1. The number of pyridine rings is 1. The van der Waals surface area contributed by atoms with Gasteiger partial charge in [-0.15, -0.1) is 0 Å². The number of amides is 1. The molecule has 4 aromatic rings. The Kier molecular flexibility index (Phi) is 5.99. The van der Waals surface area contributed by atoms with Gasteiger partial charge in [0.1, 0.15) is 5.75 Å². The number of rotatable bonds is 7. The number of nitrogen functional groups attached to an aromatic ring is 1. The number of hydrogen-bond donors (Lipinski definition) is 3. The van der Waals surface area contributed by atoms with E-state index in [1.54, 1.807) is 61.1 Å². The number of nitrogens with two attached hydrogens (primary N) is 1. The standard InChI is InChI=1S/C23H20N6O2/c24-19-5-1-2-6-20(19)28-22(30)17-9-7-16(8-10-17)14-27-23-26-13-11-21(29-23)31-18-4-3-12-25-15-18/h1-13,15H,14,24H2,(H,28,30)(H,26,27,29). The second-order valence-corrected chi connectivity index (χ2v) is 6.60. The highest BCUT2D eigenvalue weighted by Crippen LogP contribution is 2.19. The Bertz CT molecular complexity index is 1170. The van der Waals surface area contributed by atoms with Crippen LogP contribution in [0.1, 0.15) is 15.9 Å². The number of carbonyl (C=O) groups excluding carboxylic acids is 1. The Balaban J connectivity index is 1.35. The lowest BCUT2D eigenvalue weighted by atomic mass is 10.1. The van der Waals surface area contributed by atoms with E-state index in [4.69, 9.17) is 10.5 Å². The Morgan fingerprint density at radius 1 is 0.968 bits per heavy atom. The maximum absolute atomic E-state index is 12.4. The first-order valence-electron chi connectivity index (χ1n) is 9.57. The van der Waals surface area contributed by atoms with Gasteiger partial charge in [0.15, 0.2) is 0 Å². The van der Waals surface area contributed by atoms with Crippen LogP contribution in [0, 0.1) is 0 Å². The van der Waals surface area contributed by atoms with Crippen molar-refractivity contribution < 1.29 is 9.53 Å². The van der Waals surface area contributed by atoms with Crippen LogP contribution in [-0.4, -0.2) is 20.9 Å². The van der Waals surface area contributed by atoms with Crippen LogP contribution in [0.3, 0.4) is 0 Å². The molecular formula is C23H20N6O2. The summed E-state index contributed by atoms with van der Waals surface area (Å²) in [7, 11) is 0. The van der Waals surface area contributed by atoms with Gasteiger partial charge in [-0.25, -0.2) is 4.98 Å². The molecule has 0 saturated heterocycles. The second kappa shape index (κ2) is 9.36. The topological polar surface area (TPSA) is 115 Å². The number of carbonyl (C=O) groups is 1. The molecule has 0 radical (unpaired) electrons. The van der Waals surface area contributed by atoms with Gasteiger partial charge in [-0.2, -0.15) is 4.98 Å². The van der Waals surface area contributed by atoms with Crippen LogP contribution in [0.15, 0.2) is 85.3 Å². The Hall–Kier alpha value is -4.46. The fraction of sp³-hybridized carbons (Fsp3) is 0.0435. The highest BCUT2D eigenvalue weighted by atomic mass is 16.5. The minimum absolute atomic E-state index is 0.221. The minimum atomic E-state index is -0.221. The van der Waals surface area contributed by atoms with Crippen molar-refractivity contribution in [3.8, 4) is 11.6 Å². The van der Waals surface area contributed by atoms with E-state index in [0.29, 0.717) is 41.1 Å². The van der Waals surface area contributed by atoms with Gasteiger partial charge in [-0.3, -0.25) is 9.78 Å². The maximum atomic E-state index is 12.4. The molecule has 0 aliphatic carbocycles. The molecule has 0 fully saturated rings. The molecule has 4 N–H and O–H groups in total. The third kappa shape index (κ3) is 5.33. The zero-order chi connectivity index (χ0) is 21.5. The summed E-state index contributed by atoms with van der Waals surface area (Å²) in [5.74, 6) is 1.22. The first-order chi connectivity index (χ1) is 15.2. The zero-order valence-corrected chi connectivity index (χ0v) is 16.5. The van der Waals surface area contributed by atoms with Crippen LogP contribution >= 0.6 is 0 Å². The van der Waals surface area contributed by atoms with E-state index in [2.05, 4.69) is 25.6 Å². The van der Waals surface area contributed by atoms with Gasteiger partial charge in [0.05, 0.1) is 17.6 Å². The summed E-state index contributed by atoms with van der Waals surface area (Å²) in [5.41, 5.74) is 8.49. The molecule has 8 nitrogen and oxygen atoms in total. The normalized spacial score (nSPS) is 10.3. The zero-order valence-electron chi connectivity index (χ0n) is 16.5. The van der Waals surface area contributed by atoms with Crippen molar-refractivity contribution in [2.45, 2.75) is 6.54 Å². The molecule has 0 aliphatic heterocycles.